The lowest BCUT2D eigenvalue weighted by Crippen LogP contribution is -2.43. The first-order chi connectivity index (χ1) is 7.77. The summed E-state index contributed by atoms with van der Waals surface area (Å²) in [6, 6.07) is 0.525. The Bertz CT molecular complexity index is 167. The van der Waals surface area contributed by atoms with Crippen molar-refractivity contribution < 1.29 is 0 Å². The van der Waals surface area contributed by atoms with Crippen LogP contribution in [0.25, 0.3) is 0 Å². The number of nitrogens with two attached hydrogens (primary N) is 1. The highest BCUT2D eigenvalue weighted by molar-refractivity contribution is 7.99. The van der Waals surface area contributed by atoms with Crippen molar-refractivity contribution in [1.29, 1.82) is 0 Å². The Morgan fingerprint density at radius 1 is 1.25 bits per heavy atom. The monoisotopic (exact) mass is 244 g/mol. The van der Waals surface area contributed by atoms with Gasteiger partial charge in [0.05, 0.1) is 0 Å². The smallest absolute Gasteiger partial charge is 0.0329 e. The molecule has 0 spiro atoms. The molecule has 16 heavy (non-hydrogen) atoms. The summed E-state index contributed by atoms with van der Waals surface area (Å²) in [7, 11) is 0. The molecular weight excluding hydrogens is 216 g/mol. The molecule has 0 aromatic heterocycles. The molecule has 1 rings (SSSR count). The standard InChI is InChI=1S/C13H28N2S/c1-3-11(2)16-10-13(15-14)12-8-6-4-5-7-9-12/h11-13,15H,3-10,14H2,1-2H3. The van der Waals surface area contributed by atoms with Crippen molar-refractivity contribution in [3.8, 4) is 0 Å². The maximum absolute atomic E-state index is 5.72. The second-order valence-corrected chi connectivity index (χ2v) is 6.55. The molecule has 96 valence electrons. The molecular formula is C13H28N2S. The van der Waals surface area contributed by atoms with Crippen LogP contribution in [0, 0.1) is 5.92 Å². The van der Waals surface area contributed by atoms with Crippen molar-refractivity contribution >= 4 is 11.8 Å². The average Bonchev–Trinajstić information content (AvgIpc) is 2.58. The van der Waals surface area contributed by atoms with Crippen LogP contribution in [0.3, 0.4) is 0 Å². The van der Waals surface area contributed by atoms with Gasteiger partial charge in [0.15, 0.2) is 0 Å². The summed E-state index contributed by atoms with van der Waals surface area (Å²) in [5.41, 5.74) is 3.06. The lowest BCUT2D eigenvalue weighted by molar-refractivity contribution is 0.346. The van der Waals surface area contributed by atoms with Crippen molar-refractivity contribution in [3.05, 3.63) is 0 Å². The van der Waals surface area contributed by atoms with Gasteiger partial charge >= 0.3 is 0 Å². The Morgan fingerprint density at radius 3 is 2.38 bits per heavy atom. The average molecular weight is 244 g/mol. The number of rotatable bonds is 6. The molecule has 0 aromatic rings. The molecule has 1 aliphatic carbocycles. The fourth-order valence-corrected chi connectivity index (χ4v) is 3.56. The van der Waals surface area contributed by atoms with E-state index in [0.717, 1.165) is 11.2 Å². The summed E-state index contributed by atoms with van der Waals surface area (Å²) in [5, 5.41) is 0.765. The second kappa shape index (κ2) is 8.37. The maximum Gasteiger partial charge on any atom is 0.0329 e. The van der Waals surface area contributed by atoms with E-state index in [9.17, 15) is 0 Å². The maximum atomic E-state index is 5.72. The van der Waals surface area contributed by atoms with Crippen LogP contribution in [-0.4, -0.2) is 17.0 Å². The predicted molar refractivity (Wildman–Crippen MR) is 74.5 cm³/mol. The van der Waals surface area contributed by atoms with Crippen molar-refractivity contribution in [1.82, 2.24) is 5.43 Å². The molecule has 2 unspecified atom stereocenters. The van der Waals surface area contributed by atoms with E-state index >= 15 is 0 Å². The molecule has 0 aliphatic heterocycles. The van der Waals surface area contributed by atoms with Crippen LogP contribution in [0.4, 0.5) is 0 Å². The van der Waals surface area contributed by atoms with Crippen LogP contribution < -0.4 is 11.3 Å². The van der Waals surface area contributed by atoms with Gasteiger partial charge in [-0.3, -0.25) is 11.3 Å². The van der Waals surface area contributed by atoms with Crippen molar-refractivity contribution in [3.63, 3.8) is 0 Å². The molecule has 1 fully saturated rings. The summed E-state index contributed by atoms with van der Waals surface area (Å²) in [5.74, 6) is 7.71. The molecule has 0 radical (unpaired) electrons. The molecule has 0 aromatic carbocycles. The van der Waals surface area contributed by atoms with Crippen molar-refractivity contribution in [2.45, 2.75) is 70.1 Å². The Balaban J connectivity index is 2.33. The highest BCUT2D eigenvalue weighted by Gasteiger charge is 2.22. The zero-order valence-corrected chi connectivity index (χ0v) is 11.7. The summed E-state index contributed by atoms with van der Waals surface area (Å²) in [4.78, 5) is 0. The van der Waals surface area contributed by atoms with Crippen LogP contribution >= 0.6 is 11.8 Å². The van der Waals surface area contributed by atoms with E-state index in [1.807, 2.05) is 0 Å². The van der Waals surface area contributed by atoms with Crippen molar-refractivity contribution in [2.24, 2.45) is 11.8 Å². The summed E-state index contributed by atoms with van der Waals surface area (Å²) < 4.78 is 0. The van der Waals surface area contributed by atoms with Crippen LogP contribution in [0.15, 0.2) is 0 Å². The van der Waals surface area contributed by atoms with E-state index in [2.05, 4.69) is 31.0 Å². The van der Waals surface area contributed by atoms with Gasteiger partial charge in [0, 0.05) is 17.0 Å². The first-order valence-electron chi connectivity index (χ1n) is 6.85. The van der Waals surface area contributed by atoms with Crippen LogP contribution in [-0.2, 0) is 0 Å². The molecule has 0 heterocycles. The Hall–Kier alpha value is 0.270. The normalized spacial score (nSPS) is 22.7. The predicted octanol–water partition coefficient (Wildman–Crippen LogP) is 3.32. The first kappa shape index (κ1) is 14.3. The molecule has 3 N–H and O–H groups in total. The van der Waals surface area contributed by atoms with Gasteiger partial charge in [-0.2, -0.15) is 11.8 Å². The second-order valence-electron chi connectivity index (χ2n) is 5.08. The first-order valence-corrected chi connectivity index (χ1v) is 7.90. The topological polar surface area (TPSA) is 38.0 Å². The zero-order chi connectivity index (χ0) is 11.8. The summed E-state index contributed by atoms with van der Waals surface area (Å²) in [6.45, 7) is 4.57. The van der Waals surface area contributed by atoms with Gasteiger partial charge in [-0.1, -0.05) is 39.5 Å². The largest absolute Gasteiger partial charge is 0.271 e. The molecule has 2 atom stereocenters. The quantitative estimate of drug-likeness (QED) is 0.428. The number of thioether (sulfide) groups is 1. The van der Waals surface area contributed by atoms with Gasteiger partial charge in [0.2, 0.25) is 0 Å². The van der Waals surface area contributed by atoms with Gasteiger partial charge in [-0.15, -0.1) is 0 Å². The third kappa shape index (κ3) is 5.07. The summed E-state index contributed by atoms with van der Waals surface area (Å²) in [6.07, 6.45) is 9.64. The van der Waals surface area contributed by atoms with E-state index in [4.69, 9.17) is 5.84 Å². The SMILES string of the molecule is CCC(C)SCC(NN)C1CCCCCC1. The van der Waals surface area contributed by atoms with Gasteiger partial charge in [0.1, 0.15) is 0 Å². The molecule has 2 nitrogen and oxygen atoms in total. The van der Waals surface area contributed by atoms with E-state index in [1.54, 1.807) is 0 Å². The Kier molecular flexibility index (Phi) is 7.50. The third-order valence-corrected chi connectivity index (χ3v) is 5.27. The van der Waals surface area contributed by atoms with Gasteiger partial charge in [-0.25, -0.2) is 0 Å². The zero-order valence-electron chi connectivity index (χ0n) is 10.9. The minimum Gasteiger partial charge on any atom is -0.271 e. The number of nitrogens with one attached hydrogen (secondary N) is 1. The Labute approximate surface area is 105 Å². The molecule has 1 saturated carbocycles. The van der Waals surface area contributed by atoms with E-state index in [1.165, 1.54) is 50.7 Å². The van der Waals surface area contributed by atoms with Crippen LogP contribution in [0.1, 0.15) is 58.8 Å². The van der Waals surface area contributed by atoms with Crippen LogP contribution in [0.2, 0.25) is 0 Å². The van der Waals surface area contributed by atoms with Crippen molar-refractivity contribution in [2.75, 3.05) is 5.75 Å². The molecule has 1 aliphatic rings. The minimum absolute atomic E-state index is 0.525. The fraction of sp³-hybridized carbons (Fsp3) is 1.00. The van der Waals surface area contributed by atoms with Gasteiger partial charge in [0.25, 0.3) is 0 Å². The Morgan fingerprint density at radius 2 is 1.88 bits per heavy atom. The lowest BCUT2D eigenvalue weighted by atomic mass is 9.93. The van der Waals surface area contributed by atoms with Gasteiger partial charge in [-0.05, 0) is 25.2 Å². The molecule has 0 amide bonds. The van der Waals surface area contributed by atoms with E-state index < -0.39 is 0 Å². The number of hydrogen-bond acceptors (Lipinski definition) is 3. The summed E-state index contributed by atoms with van der Waals surface area (Å²) >= 11 is 2.07. The van der Waals surface area contributed by atoms with E-state index in [0.29, 0.717) is 6.04 Å². The molecule has 0 saturated heterocycles. The minimum atomic E-state index is 0.525. The fourth-order valence-electron chi connectivity index (χ4n) is 2.42. The lowest BCUT2D eigenvalue weighted by Gasteiger charge is -2.26. The highest BCUT2D eigenvalue weighted by Crippen LogP contribution is 2.28. The van der Waals surface area contributed by atoms with Gasteiger partial charge < -0.3 is 0 Å². The number of hydrogen-bond donors (Lipinski definition) is 2. The third-order valence-electron chi connectivity index (χ3n) is 3.82. The highest BCUT2D eigenvalue weighted by atomic mass is 32.2. The molecule has 0 bridgehead atoms. The van der Waals surface area contributed by atoms with Crippen LogP contribution in [0.5, 0.6) is 0 Å². The molecule has 3 heteroatoms. The number of hydrazine groups is 1. The van der Waals surface area contributed by atoms with E-state index in [-0.39, 0.29) is 0 Å².